The molecule has 8 heteroatoms. The Balaban J connectivity index is 2.60. The summed E-state index contributed by atoms with van der Waals surface area (Å²) in [6.07, 6.45) is 4.21. The summed E-state index contributed by atoms with van der Waals surface area (Å²) in [5.74, 6) is 0.435. The maximum absolute atomic E-state index is 11.6. The van der Waals surface area contributed by atoms with Crippen molar-refractivity contribution in [2.24, 2.45) is 0 Å². The van der Waals surface area contributed by atoms with Crippen LogP contribution in [0.2, 0.25) is 0 Å². The summed E-state index contributed by atoms with van der Waals surface area (Å²) >= 11 is 0. The molecule has 0 spiro atoms. The Morgan fingerprint density at radius 3 is 2.71 bits per heavy atom. The van der Waals surface area contributed by atoms with Gasteiger partial charge in [-0.3, -0.25) is 13.3 Å². The molecule has 0 bridgehead atoms. The summed E-state index contributed by atoms with van der Waals surface area (Å²) in [7, 11) is -4.35. The van der Waals surface area contributed by atoms with E-state index in [2.05, 4.69) is 9.97 Å². The average Bonchev–Trinajstić information content (AvgIpc) is 2.26. The molecule has 0 radical (unpaired) electrons. The fraction of sp³-hybridized carbons (Fsp3) is 0.556. The molecule has 0 aromatic carbocycles. The third-order valence-electron chi connectivity index (χ3n) is 2.31. The van der Waals surface area contributed by atoms with Gasteiger partial charge in [-0.25, -0.2) is 9.97 Å². The Morgan fingerprint density at radius 1 is 1.41 bits per heavy atom. The number of hydrogen-bond donors (Lipinski definition) is 2. The van der Waals surface area contributed by atoms with E-state index in [1.54, 1.807) is 0 Å². The normalized spacial score (nSPS) is 18.1. The summed E-state index contributed by atoms with van der Waals surface area (Å²) < 4.78 is 36.1. The molecule has 1 aliphatic rings. The summed E-state index contributed by atoms with van der Waals surface area (Å²) in [5, 5.41) is 0.179. The molecule has 17 heavy (non-hydrogen) atoms. The molecule has 2 rings (SSSR count). The topological polar surface area (TPSA) is 92.5 Å². The Morgan fingerprint density at radius 2 is 2.12 bits per heavy atom. The maximum Gasteiger partial charge on any atom is 0.243 e. The van der Waals surface area contributed by atoms with Gasteiger partial charge in [-0.05, 0) is 12.8 Å². The van der Waals surface area contributed by atoms with Crippen molar-refractivity contribution in [3.05, 3.63) is 5.69 Å². The molecule has 1 atom stereocenters. The predicted molar refractivity (Wildman–Crippen MR) is 65.2 cm³/mol. The molecule has 0 amide bonds. The molecule has 2 heterocycles. The minimum atomic E-state index is -3.00. The van der Waals surface area contributed by atoms with Crippen LogP contribution in [0, 0.1) is 0 Å². The number of rotatable bonds is 2. The van der Waals surface area contributed by atoms with Gasteiger partial charge in [0.25, 0.3) is 0 Å². The number of aryl methyl sites for hydroxylation is 1. The highest BCUT2D eigenvalue weighted by Gasteiger charge is 2.24. The van der Waals surface area contributed by atoms with Crippen molar-refractivity contribution < 1.29 is 18.1 Å². The minimum Gasteiger partial charge on any atom is -0.489 e. The lowest BCUT2D eigenvalue weighted by atomic mass is 10.2. The van der Waals surface area contributed by atoms with Crippen molar-refractivity contribution in [2.75, 3.05) is 19.1 Å². The molecule has 0 aliphatic carbocycles. The first-order valence-corrected chi connectivity index (χ1v) is 8.51. The average molecular weight is 278 g/mol. The van der Waals surface area contributed by atoms with Crippen LogP contribution >= 0.6 is 10.6 Å². The number of nitrogens with zero attached hydrogens (tertiary/aromatic N) is 2. The molecule has 96 valence electrons. The van der Waals surface area contributed by atoms with Crippen LogP contribution < -0.4 is 4.74 Å². The van der Waals surface area contributed by atoms with Gasteiger partial charge in [-0.2, -0.15) is 0 Å². The van der Waals surface area contributed by atoms with Gasteiger partial charge in [0, 0.05) is 12.5 Å². The highest BCUT2D eigenvalue weighted by Crippen LogP contribution is 2.43. The third-order valence-corrected chi connectivity index (χ3v) is 4.00. The Labute approximate surface area is 103 Å². The van der Waals surface area contributed by atoms with Gasteiger partial charge >= 0.3 is 0 Å². The van der Waals surface area contributed by atoms with Crippen molar-refractivity contribution >= 4 is 21.4 Å². The number of hydrogen-bond acceptors (Lipinski definition) is 6. The zero-order chi connectivity index (χ0) is 12.6. The Hall–Kier alpha value is -0.700. The number of fused-ring (bicyclic) bond motifs is 1. The van der Waals surface area contributed by atoms with Crippen LogP contribution in [0.5, 0.6) is 5.75 Å². The van der Waals surface area contributed by atoms with E-state index < -0.39 is 21.4 Å². The van der Waals surface area contributed by atoms with Gasteiger partial charge in [0.2, 0.25) is 5.16 Å². The quantitative estimate of drug-likeness (QED) is 0.625. The fourth-order valence-corrected chi connectivity index (χ4v) is 2.81. The van der Waals surface area contributed by atoms with Gasteiger partial charge in [-0.15, -0.1) is 10.6 Å². The lowest BCUT2D eigenvalue weighted by molar-refractivity contribution is 0.271. The smallest absolute Gasteiger partial charge is 0.243 e. The molecular weight excluding hydrogens is 264 g/mol. The zero-order valence-corrected chi connectivity index (χ0v) is 11.2. The first-order valence-electron chi connectivity index (χ1n) is 5.00. The molecule has 1 aromatic rings. The van der Waals surface area contributed by atoms with Crippen molar-refractivity contribution in [1.29, 1.82) is 0 Å². The van der Waals surface area contributed by atoms with Crippen LogP contribution in [0.15, 0.2) is 10.2 Å². The van der Waals surface area contributed by atoms with E-state index >= 15 is 0 Å². The summed E-state index contributed by atoms with van der Waals surface area (Å²) in [5.41, 5.74) is 0.605. The van der Waals surface area contributed by atoms with Crippen LogP contribution in [0.1, 0.15) is 12.1 Å². The lowest BCUT2D eigenvalue weighted by Crippen LogP contribution is -2.16. The van der Waals surface area contributed by atoms with Crippen molar-refractivity contribution in [3.8, 4) is 5.75 Å². The minimum absolute atomic E-state index is 0.0630. The predicted octanol–water partition coefficient (Wildman–Crippen LogP) is 1.28. The van der Waals surface area contributed by atoms with E-state index in [4.69, 9.17) is 4.74 Å². The maximum atomic E-state index is 11.6. The Kier molecular flexibility index (Phi) is 3.39. The summed E-state index contributed by atoms with van der Waals surface area (Å²) in [6, 6.07) is 0. The molecule has 0 saturated heterocycles. The van der Waals surface area contributed by atoms with Gasteiger partial charge in [0.1, 0.15) is 0 Å². The monoisotopic (exact) mass is 278 g/mol. The SMILES string of the molecule is CS(=O)c1nc(S(C)(O)O)nc2c1OCCC2. The van der Waals surface area contributed by atoms with Crippen LogP contribution in [0.3, 0.4) is 0 Å². The second kappa shape index (κ2) is 4.52. The van der Waals surface area contributed by atoms with Gasteiger partial charge < -0.3 is 4.74 Å². The van der Waals surface area contributed by atoms with Gasteiger partial charge in [-0.1, -0.05) is 0 Å². The zero-order valence-electron chi connectivity index (χ0n) is 9.54. The molecule has 1 aromatic heterocycles. The van der Waals surface area contributed by atoms with E-state index in [1.807, 2.05) is 0 Å². The van der Waals surface area contributed by atoms with E-state index in [1.165, 1.54) is 12.5 Å². The third kappa shape index (κ3) is 2.59. The lowest BCUT2D eigenvalue weighted by Gasteiger charge is -2.27. The second-order valence-electron chi connectivity index (χ2n) is 3.83. The van der Waals surface area contributed by atoms with E-state index in [9.17, 15) is 13.3 Å². The number of ether oxygens (including phenoxy) is 1. The standard InChI is InChI=1S/C9H14N2O4S2/c1-16(12)8-7-6(4-3-5-15-7)10-9(11-8)17(2,13)14/h13-14H,3-5H2,1-2H3. The van der Waals surface area contributed by atoms with Crippen LogP contribution in [0.25, 0.3) is 0 Å². The van der Waals surface area contributed by atoms with Crippen LogP contribution in [-0.4, -0.2) is 42.4 Å². The molecule has 0 fully saturated rings. The van der Waals surface area contributed by atoms with Crippen molar-refractivity contribution in [3.63, 3.8) is 0 Å². The fourth-order valence-electron chi connectivity index (χ4n) is 1.55. The van der Waals surface area contributed by atoms with Crippen molar-refractivity contribution in [2.45, 2.75) is 23.0 Å². The summed E-state index contributed by atoms with van der Waals surface area (Å²) in [4.78, 5) is 8.05. The van der Waals surface area contributed by atoms with Crippen LogP contribution in [0.4, 0.5) is 0 Å². The Bertz CT molecular complexity index is 473. The summed E-state index contributed by atoms with van der Waals surface area (Å²) in [6.45, 7) is 0.544. The van der Waals surface area contributed by atoms with E-state index in [-0.39, 0.29) is 10.2 Å². The van der Waals surface area contributed by atoms with Crippen molar-refractivity contribution in [1.82, 2.24) is 9.97 Å². The first-order chi connectivity index (χ1) is 7.89. The van der Waals surface area contributed by atoms with E-state index in [0.29, 0.717) is 24.5 Å². The van der Waals surface area contributed by atoms with Gasteiger partial charge in [0.05, 0.1) is 23.1 Å². The molecule has 6 nitrogen and oxygen atoms in total. The molecule has 1 unspecified atom stereocenters. The molecule has 0 saturated carbocycles. The molecule has 2 N–H and O–H groups in total. The molecular formula is C9H14N2O4S2. The highest BCUT2D eigenvalue weighted by molar-refractivity contribution is 8.23. The second-order valence-corrected chi connectivity index (χ2v) is 7.15. The van der Waals surface area contributed by atoms with E-state index in [0.717, 1.165) is 6.42 Å². The number of aromatic nitrogens is 2. The van der Waals surface area contributed by atoms with Crippen LogP contribution in [-0.2, 0) is 17.2 Å². The largest absolute Gasteiger partial charge is 0.489 e. The molecule has 1 aliphatic heterocycles. The first kappa shape index (κ1) is 12.7. The highest BCUT2D eigenvalue weighted by atomic mass is 32.3. The van der Waals surface area contributed by atoms with Gasteiger partial charge in [0.15, 0.2) is 10.8 Å².